The van der Waals surface area contributed by atoms with Crippen LogP contribution in [0.5, 0.6) is 0 Å². The average molecular weight is 314 g/mol. The summed E-state index contributed by atoms with van der Waals surface area (Å²) < 4.78 is 5.46. The molecule has 1 fully saturated rings. The van der Waals surface area contributed by atoms with Gasteiger partial charge in [0.1, 0.15) is 0 Å². The molecule has 2 rings (SSSR count). The Balaban J connectivity index is 1.88. The second kappa shape index (κ2) is 8.44. The van der Waals surface area contributed by atoms with Gasteiger partial charge in [0.15, 0.2) is 11.7 Å². The van der Waals surface area contributed by atoms with Crippen molar-refractivity contribution < 1.29 is 14.3 Å². The first-order chi connectivity index (χ1) is 11.1. The summed E-state index contributed by atoms with van der Waals surface area (Å²) in [6.45, 7) is 2.78. The van der Waals surface area contributed by atoms with Crippen LogP contribution in [-0.2, 0) is 20.7 Å². The number of rotatable bonds is 7. The van der Waals surface area contributed by atoms with E-state index in [2.05, 4.69) is 5.32 Å². The lowest BCUT2D eigenvalue weighted by Gasteiger charge is -2.12. The van der Waals surface area contributed by atoms with Gasteiger partial charge in [-0.05, 0) is 43.4 Å². The maximum Gasteiger partial charge on any atom is 0.249 e. The van der Waals surface area contributed by atoms with E-state index in [4.69, 9.17) is 10.00 Å². The number of anilines is 1. The number of ketones is 1. The van der Waals surface area contributed by atoms with Crippen molar-refractivity contribution in [1.29, 1.82) is 5.26 Å². The third-order valence-electron chi connectivity index (χ3n) is 4.08. The lowest BCUT2D eigenvalue weighted by atomic mass is 9.98. The van der Waals surface area contributed by atoms with Gasteiger partial charge < -0.3 is 10.1 Å². The summed E-state index contributed by atoms with van der Waals surface area (Å²) >= 11 is 0. The largest absolute Gasteiger partial charge is 0.378 e. The van der Waals surface area contributed by atoms with Crippen molar-refractivity contribution in [3.05, 3.63) is 29.8 Å². The van der Waals surface area contributed by atoms with Crippen molar-refractivity contribution in [1.82, 2.24) is 0 Å². The molecular weight excluding hydrogens is 292 g/mol. The Bertz CT molecular complexity index is 583. The molecule has 5 nitrogen and oxygen atoms in total. The smallest absolute Gasteiger partial charge is 0.249 e. The summed E-state index contributed by atoms with van der Waals surface area (Å²) in [6.07, 6.45) is 3.73. The van der Waals surface area contributed by atoms with Gasteiger partial charge in [0.2, 0.25) is 5.91 Å². The monoisotopic (exact) mass is 314 g/mol. The fraction of sp³-hybridized carbons (Fsp3) is 0.500. The first-order valence-electron chi connectivity index (χ1n) is 8.07. The first-order valence-corrected chi connectivity index (χ1v) is 8.07. The van der Waals surface area contributed by atoms with E-state index in [9.17, 15) is 9.59 Å². The molecule has 1 saturated heterocycles. The minimum atomic E-state index is -1.26. The minimum absolute atomic E-state index is 0.0861. The van der Waals surface area contributed by atoms with Gasteiger partial charge >= 0.3 is 0 Å². The molecule has 1 aliphatic heterocycles. The number of nitrogens with one attached hydrogen (secondary N) is 1. The molecule has 0 bridgehead atoms. The predicted octanol–water partition coefficient (Wildman–Crippen LogP) is 2.86. The molecule has 1 heterocycles. The molecule has 1 amide bonds. The van der Waals surface area contributed by atoms with Crippen LogP contribution in [-0.4, -0.2) is 24.4 Å². The van der Waals surface area contributed by atoms with Gasteiger partial charge in [-0.25, -0.2) is 0 Å². The van der Waals surface area contributed by atoms with Crippen molar-refractivity contribution in [2.24, 2.45) is 5.92 Å². The topological polar surface area (TPSA) is 79.2 Å². The minimum Gasteiger partial charge on any atom is -0.378 e. The highest BCUT2D eigenvalue weighted by Gasteiger charge is 2.27. The third kappa shape index (κ3) is 4.90. The number of amides is 1. The van der Waals surface area contributed by atoms with Crippen molar-refractivity contribution >= 4 is 17.4 Å². The number of carbonyl (C=O) groups excluding carboxylic acids is 2. The number of nitrogens with zero attached hydrogens (tertiary/aromatic N) is 1. The van der Waals surface area contributed by atoms with Crippen molar-refractivity contribution in [3.8, 4) is 6.07 Å². The molecular formula is C18H22N2O3. The Morgan fingerprint density at radius 1 is 1.39 bits per heavy atom. The van der Waals surface area contributed by atoms with Crippen molar-refractivity contribution in [2.75, 3.05) is 11.9 Å². The molecule has 0 unspecified atom stereocenters. The highest BCUT2D eigenvalue weighted by molar-refractivity contribution is 6.09. The van der Waals surface area contributed by atoms with Crippen LogP contribution < -0.4 is 5.32 Å². The van der Waals surface area contributed by atoms with Gasteiger partial charge in [-0.1, -0.05) is 19.1 Å². The van der Waals surface area contributed by atoms with E-state index in [0.717, 1.165) is 31.4 Å². The number of aryl methyl sites for hydroxylation is 1. The summed E-state index contributed by atoms with van der Waals surface area (Å²) in [6, 6.07) is 9.20. The number of hydrogen-bond acceptors (Lipinski definition) is 4. The zero-order valence-electron chi connectivity index (χ0n) is 13.4. The van der Waals surface area contributed by atoms with Crippen LogP contribution in [0.15, 0.2) is 24.3 Å². The van der Waals surface area contributed by atoms with E-state index in [1.807, 2.05) is 25.1 Å². The van der Waals surface area contributed by atoms with Crippen LogP contribution in [0.2, 0.25) is 0 Å². The molecule has 5 heteroatoms. The molecule has 1 N–H and O–H groups in total. The maximum atomic E-state index is 12.2. The van der Waals surface area contributed by atoms with E-state index in [-0.39, 0.29) is 18.3 Å². The number of ether oxygens (including phenoxy) is 1. The molecule has 2 atom stereocenters. The van der Waals surface area contributed by atoms with Gasteiger partial charge in [0, 0.05) is 18.7 Å². The number of benzene rings is 1. The Kier molecular flexibility index (Phi) is 6.30. The van der Waals surface area contributed by atoms with Crippen LogP contribution in [0, 0.1) is 17.2 Å². The molecule has 0 saturated carbocycles. The quantitative estimate of drug-likeness (QED) is 0.785. The van der Waals surface area contributed by atoms with Crippen LogP contribution in [0.4, 0.5) is 5.69 Å². The molecule has 0 aromatic heterocycles. The summed E-state index contributed by atoms with van der Waals surface area (Å²) in [5.74, 6) is -2.16. The Labute approximate surface area is 136 Å². The fourth-order valence-corrected chi connectivity index (χ4v) is 2.63. The lowest BCUT2D eigenvalue weighted by molar-refractivity contribution is -0.129. The van der Waals surface area contributed by atoms with E-state index in [0.29, 0.717) is 12.1 Å². The number of Topliss-reactive ketones (excluding diaryl/α,β-unsaturated/α-hetero) is 1. The predicted molar refractivity (Wildman–Crippen MR) is 86.8 cm³/mol. The van der Waals surface area contributed by atoms with Gasteiger partial charge in [-0.15, -0.1) is 0 Å². The average Bonchev–Trinajstić information content (AvgIpc) is 3.08. The third-order valence-corrected chi connectivity index (χ3v) is 4.08. The highest BCUT2D eigenvalue weighted by atomic mass is 16.5. The fourth-order valence-electron chi connectivity index (χ4n) is 2.63. The van der Waals surface area contributed by atoms with Gasteiger partial charge in [-0.3, -0.25) is 9.59 Å². The van der Waals surface area contributed by atoms with Gasteiger partial charge in [0.05, 0.1) is 12.2 Å². The molecule has 1 aromatic rings. The number of hydrogen-bond donors (Lipinski definition) is 1. The summed E-state index contributed by atoms with van der Waals surface area (Å²) in [7, 11) is 0. The zero-order valence-corrected chi connectivity index (χ0v) is 13.4. The van der Waals surface area contributed by atoms with E-state index in [1.165, 1.54) is 0 Å². The second-order valence-corrected chi connectivity index (χ2v) is 5.74. The lowest BCUT2D eigenvalue weighted by Crippen LogP contribution is -2.29. The van der Waals surface area contributed by atoms with Crippen LogP contribution in [0.3, 0.4) is 0 Å². The first kappa shape index (κ1) is 17.2. The molecule has 0 spiro atoms. The standard InChI is InChI=1S/C18H22N2O3/c1-2-13-5-7-14(8-6-13)20-18(22)16(12-19)17(21)10-9-15-4-3-11-23-15/h5-8,15-16H,2-4,9-11H2,1H3,(H,20,22)/t15-,16-/m1/s1. The zero-order chi connectivity index (χ0) is 16.7. The number of nitriles is 1. The molecule has 122 valence electrons. The van der Waals surface area contributed by atoms with Gasteiger partial charge in [-0.2, -0.15) is 5.26 Å². The maximum absolute atomic E-state index is 12.2. The molecule has 1 aliphatic rings. The van der Waals surface area contributed by atoms with E-state index in [1.54, 1.807) is 12.1 Å². The normalized spacial score (nSPS) is 18.2. The number of carbonyl (C=O) groups is 2. The molecule has 0 radical (unpaired) electrons. The summed E-state index contributed by atoms with van der Waals surface area (Å²) in [4.78, 5) is 24.3. The highest BCUT2D eigenvalue weighted by Crippen LogP contribution is 2.19. The molecule has 1 aromatic carbocycles. The van der Waals surface area contributed by atoms with Crippen LogP contribution in [0.1, 0.15) is 38.2 Å². The van der Waals surface area contributed by atoms with Crippen molar-refractivity contribution in [2.45, 2.75) is 45.1 Å². The Hall–Kier alpha value is -2.19. The summed E-state index contributed by atoms with van der Waals surface area (Å²) in [5, 5.41) is 11.8. The molecule has 23 heavy (non-hydrogen) atoms. The van der Waals surface area contributed by atoms with E-state index < -0.39 is 11.8 Å². The van der Waals surface area contributed by atoms with Crippen LogP contribution >= 0.6 is 0 Å². The Morgan fingerprint density at radius 3 is 2.70 bits per heavy atom. The summed E-state index contributed by atoms with van der Waals surface area (Å²) in [5.41, 5.74) is 1.76. The Morgan fingerprint density at radius 2 is 2.13 bits per heavy atom. The van der Waals surface area contributed by atoms with Gasteiger partial charge in [0.25, 0.3) is 0 Å². The second-order valence-electron chi connectivity index (χ2n) is 5.74. The molecule has 0 aliphatic carbocycles. The van der Waals surface area contributed by atoms with Crippen LogP contribution in [0.25, 0.3) is 0 Å². The van der Waals surface area contributed by atoms with Crippen molar-refractivity contribution in [3.63, 3.8) is 0 Å². The SMILES string of the molecule is CCc1ccc(NC(=O)[C@H](C#N)C(=O)CC[C@H]2CCCO2)cc1. The van der Waals surface area contributed by atoms with E-state index >= 15 is 0 Å².